The molecule has 0 fully saturated rings. The van der Waals surface area contributed by atoms with E-state index in [0.717, 1.165) is 13.0 Å². The zero-order valence-corrected chi connectivity index (χ0v) is 36.1. The number of benzene rings is 10. The van der Waals surface area contributed by atoms with Gasteiger partial charge in [0.15, 0.2) is 0 Å². The smallest absolute Gasteiger partial charge is 0.0541 e. The lowest BCUT2D eigenvalue weighted by atomic mass is 9.91. The van der Waals surface area contributed by atoms with E-state index in [1.807, 2.05) is 0 Å². The maximum Gasteiger partial charge on any atom is 0.0541 e. The highest BCUT2D eigenvalue weighted by Crippen LogP contribution is 2.42. The Balaban J connectivity index is 0.904. The number of fused-ring (bicyclic) bond motifs is 10. The van der Waals surface area contributed by atoms with Crippen molar-refractivity contribution in [1.29, 1.82) is 0 Å². The summed E-state index contributed by atoms with van der Waals surface area (Å²) in [5.41, 5.74) is 17.2. The highest BCUT2D eigenvalue weighted by atomic mass is 15.1. The Morgan fingerprint density at radius 1 is 0.406 bits per heavy atom. The molecule has 12 rings (SSSR count). The summed E-state index contributed by atoms with van der Waals surface area (Å²) in [6.07, 6.45) is 7.77. The molecule has 0 atom stereocenters. The van der Waals surface area contributed by atoms with Crippen molar-refractivity contribution < 1.29 is 0 Å². The molecule has 2 nitrogen and oxygen atoms in total. The van der Waals surface area contributed by atoms with Crippen LogP contribution in [-0.2, 0) is 0 Å². The van der Waals surface area contributed by atoms with Gasteiger partial charge in [-0.2, -0.15) is 0 Å². The summed E-state index contributed by atoms with van der Waals surface area (Å²) in [5.74, 6) is 0. The summed E-state index contributed by atoms with van der Waals surface area (Å²) in [6, 6.07) is 74.2. The van der Waals surface area contributed by atoms with Gasteiger partial charge >= 0.3 is 0 Å². The number of aryl methyl sites for hydroxylation is 1. The van der Waals surface area contributed by atoms with E-state index in [4.69, 9.17) is 0 Å². The normalized spacial score (nSPS) is 14.2. The summed E-state index contributed by atoms with van der Waals surface area (Å²) in [5, 5.41) is 10.3. The molecule has 0 radical (unpaired) electrons. The third-order valence-electron chi connectivity index (χ3n) is 13.4. The van der Waals surface area contributed by atoms with Gasteiger partial charge in [-0.15, -0.1) is 0 Å². The number of allylic oxidation sites excluding steroid dienone is 3. The van der Waals surface area contributed by atoms with Crippen LogP contribution in [0, 0.1) is 6.92 Å². The highest BCUT2D eigenvalue weighted by molar-refractivity contribution is 6.25. The molecule has 0 aliphatic carbocycles. The lowest BCUT2D eigenvalue weighted by molar-refractivity contribution is 1.08. The molecule has 0 spiro atoms. The van der Waals surface area contributed by atoms with Gasteiger partial charge in [0, 0.05) is 39.9 Å². The largest absolute Gasteiger partial charge is 0.337 e. The van der Waals surface area contributed by atoms with E-state index in [1.165, 1.54) is 121 Å². The van der Waals surface area contributed by atoms with E-state index in [2.05, 4.69) is 242 Å². The Bertz CT molecular complexity index is 3640. The van der Waals surface area contributed by atoms with E-state index in [-0.39, 0.29) is 0 Å². The molecule has 0 amide bonds. The van der Waals surface area contributed by atoms with E-state index in [0.29, 0.717) is 0 Å². The second-order valence-corrected chi connectivity index (χ2v) is 17.2. The van der Waals surface area contributed by atoms with Crippen LogP contribution in [0.2, 0.25) is 0 Å². The first-order chi connectivity index (χ1) is 31.6. The SMILES string of the molecule is CC/C1=C\C=C/CN(c2cc(C)cc(-c3ccc(-c4ccc5c6ccccc6c6ccccc6c5c4)cc3)c2)c2ccc(-c3ccc4c(c3)c3ccccc3n4-c3ccccc3)cc21. The van der Waals surface area contributed by atoms with Crippen LogP contribution in [0.15, 0.2) is 218 Å². The molecule has 0 N–H and O–H groups in total. The number of hydrogen-bond acceptors (Lipinski definition) is 1. The third-order valence-corrected chi connectivity index (χ3v) is 13.4. The average Bonchev–Trinajstić information content (AvgIpc) is 3.68. The second-order valence-electron chi connectivity index (χ2n) is 17.2. The van der Waals surface area contributed by atoms with Crippen molar-refractivity contribution in [2.75, 3.05) is 11.4 Å². The highest BCUT2D eigenvalue weighted by Gasteiger charge is 2.20. The average molecular weight is 819 g/mol. The van der Waals surface area contributed by atoms with Crippen LogP contribution < -0.4 is 4.90 Å². The van der Waals surface area contributed by atoms with Gasteiger partial charge in [0.1, 0.15) is 0 Å². The van der Waals surface area contributed by atoms with Crippen LogP contribution >= 0.6 is 0 Å². The maximum absolute atomic E-state index is 2.49. The first kappa shape index (κ1) is 37.8. The Hall–Kier alpha value is -7.94. The van der Waals surface area contributed by atoms with Crippen LogP contribution in [0.5, 0.6) is 0 Å². The fraction of sp³-hybridized carbons (Fsp3) is 0.0645. The third kappa shape index (κ3) is 6.33. The predicted molar refractivity (Wildman–Crippen MR) is 275 cm³/mol. The van der Waals surface area contributed by atoms with Gasteiger partial charge in [0.25, 0.3) is 0 Å². The molecule has 304 valence electrons. The first-order valence-corrected chi connectivity index (χ1v) is 22.5. The standard InChI is InChI=1S/C62H46N2/c1-3-42-15-13-14-34-63(60-32-29-46(38-57(42)60)47-30-33-62-59(40-47)56-22-11-12-23-61(56)64(62)49-16-5-4-6-17-49)50-36-41(2)35-48(37-50)44-26-24-43(25-27-44)45-28-31-55-53-20-8-7-18-51(53)52-19-9-10-21-54(52)58(55)39-45/h4-33,35-40H,3,34H2,1-2H3/b14-13-,42-15+. The van der Waals surface area contributed by atoms with E-state index in [9.17, 15) is 0 Å². The van der Waals surface area contributed by atoms with Crippen LogP contribution in [0.4, 0.5) is 11.4 Å². The van der Waals surface area contributed by atoms with Crippen molar-refractivity contribution in [2.45, 2.75) is 20.3 Å². The van der Waals surface area contributed by atoms with Crippen molar-refractivity contribution in [3.05, 3.63) is 230 Å². The Morgan fingerprint density at radius 2 is 0.953 bits per heavy atom. The summed E-state index contributed by atoms with van der Waals surface area (Å²) in [6.45, 7) is 5.26. The lowest BCUT2D eigenvalue weighted by Gasteiger charge is -2.29. The minimum atomic E-state index is 0.776. The van der Waals surface area contributed by atoms with Crippen molar-refractivity contribution in [1.82, 2.24) is 4.57 Å². The zero-order valence-electron chi connectivity index (χ0n) is 36.1. The molecule has 2 heteroatoms. The topological polar surface area (TPSA) is 8.17 Å². The molecular formula is C62H46N2. The molecule has 0 unspecified atom stereocenters. The number of rotatable bonds is 6. The van der Waals surface area contributed by atoms with Crippen molar-refractivity contribution in [2.24, 2.45) is 0 Å². The van der Waals surface area contributed by atoms with Gasteiger partial charge in [-0.1, -0.05) is 165 Å². The molecule has 10 aromatic carbocycles. The summed E-state index contributed by atoms with van der Waals surface area (Å²) in [4.78, 5) is 2.49. The molecular weight excluding hydrogens is 773 g/mol. The summed E-state index contributed by atoms with van der Waals surface area (Å²) < 4.78 is 2.38. The van der Waals surface area contributed by atoms with Crippen LogP contribution in [0.3, 0.4) is 0 Å². The molecule has 2 heterocycles. The van der Waals surface area contributed by atoms with E-state index < -0.39 is 0 Å². The van der Waals surface area contributed by atoms with Gasteiger partial charge in [-0.25, -0.2) is 0 Å². The number of nitrogens with zero attached hydrogens (tertiary/aromatic N) is 2. The fourth-order valence-corrected chi connectivity index (χ4v) is 10.3. The van der Waals surface area contributed by atoms with Crippen LogP contribution in [-0.4, -0.2) is 11.1 Å². The van der Waals surface area contributed by atoms with Crippen molar-refractivity contribution in [3.63, 3.8) is 0 Å². The molecule has 1 aliphatic heterocycles. The lowest BCUT2D eigenvalue weighted by Crippen LogP contribution is -2.19. The van der Waals surface area contributed by atoms with Gasteiger partial charge in [-0.3, -0.25) is 0 Å². The fourth-order valence-electron chi connectivity index (χ4n) is 10.3. The van der Waals surface area contributed by atoms with Crippen molar-refractivity contribution in [3.8, 4) is 39.1 Å². The van der Waals surface area contributed by atoms with Crippen molar-refractivity contribution >= 4 is 71.1 Å². The van der Waals surface area contributed by atoms with Gasteiger partial charge < -0.3 is 9.47 Å². The minimum Gasteiger partial charge on any atom is -0.337 e. The molecule has 0 saturated carbocycles. The Labute approximate surface area is 374 Å². The van der Waals surface area contributed by atoms with Gasteiger partial charge in [0.05, 0.1) is 11.0 Å². The van der Waals surface area contributed by atoms with E-state index in [1.54, 1.807) is 0 Å². The Kier molecular flexibility index (Phi) is 9.12. The monoisotopic (exact) mass is 818 g/mol. The number of anilines is 2. The molecule has 1 aliphatic rings. The second kappa shape index (κ2) is 15.4. The first-order valence-electron chi connectivity index (χ1n) is 22.5. The van der Waals surface area contributed by atoms with Gasteiger partial charge in [0.2, 0.25) is 0 Å². The molecule has 0 saturated heterocycles. The minimum absolute atomic E-state index is 0.776. The molecule has 1 aromatic heterocycles. The predicted octanol–water partition coefficient (Wildman–Crippen LogP) is 17.1. The molecule has 0 bridgehead atoms. The quantitative estimate of drug-likeness (QED) is 0.152. The number of hydrogen-bond donors (Lipinski definition) is 0. The zero-order chi connectivity index (χ0) is 42.7. The summed E-state index contributed by atoms with van der Waals surface area (Å²) >= 11 is 0. The molecule has 11 aromatic rings. The Morgan fingerprint density at radius 3 is 1.69 bits per heavy atom. The summed E-state index contributed by atoms with van der Waals surface area (Å²) in [7, 11) is 0. The molecule has 64 heavy (non-hydrogen) atoms. The van der Waals surface area contributed by atoms with Gasteiger partial charge in [-0.05, 0) is 151 Å². The van der Waals surface area contributed by atoms with Crippen LogP contribution in [0.25, 0.3) is 98.8 Å². The van der Waals surface area contributed by atoms with Crippen LogP contribution in [0.1, 0.15) is 24.5 Å². The van der Waals surface area contributed by atoms with E-state index >= 15 is 0 Å². The number of aromatic nitrogens is 1. The maximum atomic E-state index is 2.49. The number of para-hydroxylation sites is 2.